The first-order valence-electron chi connectivity index (χ1n) is 11.1. The Morgan fingerprint density at radius 2 is 1.77 bits per heavy atom. The van der Waals surface area contributed by atoms with E-state index in [1.54, 1.807) is 10.2 Å². The number of carboxylic acid groups (broad SMARTS) is 1. The number of hydrogen-bond acceptors (Lipinski definition) is 5. The second kappa shape index (κ2) is 10.7. The summed E-state index contributed by atoms with van der Waals surface area (Å²) in [6.45, 7) is 0.749. The van der Waals surface area contributed by atoms with Crippen LogP contribution < -0.4 is 22.1 Å². The van der Waals surface area contributed by atoms with Gasteiger partial charge in [-0.3, -0.25) is 9.59 Å². The number of hydrogen-bond donors (Lipinski definition) is 5. The van der Waals surface area contributed by atoms with Gasteiger partial charge in [-0.25, -0.2) is 4.79 Å². The molecule has 31 heavy (non-hydrogen) atoms. The number of likely N-dealkylation sites (tertiary alicyclic amines) is 1. The Bertz CT molecular complexity index is 777. The molecule has 1 aromatic rings. The van der Waals surface area contributed by atoms with E-state index in [4.69, 9.17) is 16.6 Å². The lowest BCUT2D eigenvalue weighted by Gasteiger charge is -2.42. The van der Waals surface area contributed by atoms with Crippen LogP contribution in [0, 0.1) is 5.92 Å². The van der Waals surface area contributed by atoms with Gasteiger partial charge in [-0.1, -0.05) is 43.5 Å². The lowest BCUT2D eigenvalue weighted by atomic mass is 9.82. The van der Waals surface area contributed by atoms with Gasteiger partial charge in [0, 0.05) is 19.0 Å². The molecule has 0 aromatic heterocycles. The van der Waals surface area contributed by atoms with Crippen LogP contribution in [0.2, 0.25) is 0 Å². The summed E-state index contributed by atoms with van der Waals surface area (Å²) >= 11 is 0. The Morgan fingerprint density at radius 1 is 1.10 bits per heavy atom. The fourth-order valence-corrected chi connectivity index (χ4v) is 4.50. The molecule has 8 N–H and O–H groups in total. The summed E-state index contributed by atoms with van der Waals surface area (Å²) in [6, 6.07) is 6.47. The number of nitrogens with zero attached hydrogens (tertiary/aromatic N) is 1. The van der Waals surface area contributed by atoms with Gasteiger partial charge in [-0.2, -0.15) is 0 Å². The van der Waals surface area contributed by atoms with Gasteiger partial charge < -0.3 is 32.1 Å². The standard InChI is InChI=1S/C22H33N5O4/c23-20(24)16-8-6-14(7-9-16)12-26-21(30)17-10-11-27(17)22(31)19(25-13-18(28)29)15-4-2-1-3-5-15/h6-9,15,17,19-20,25H,1-5,10-13,23-24H2,(H,26,30)(H,28,29)/p+1/t17-,19+/m0/s1. The van der Waals surface area contributed by atoms with E-state index in [2.05, 4.69) is 5.32 Å². The lowest BCUT2D eigenvalue weighted by molar-refractivity contribution is -0.675. The molecule has 1 saturated carbocycles. The van der Waals surface area contributed by atoms with E-state index in [1.807, 2.05) is 24.3 Å². The number of nitrogens with two attached hydrogens (primary N) is 3. The van der Waals surface area contributed by atoms with Crippen LogP contribution in [0.15, 0.2) is 24.3 Å². The van der Waals surface area contributed by atoms with Gasteiger partial charge in [-0.15, -0.1) is 0 Å². The molecular weight excluding hydrogens is 398 g/mol. The maximum atomic E-state index is 13.2. The predicted molar refractivity (Wildman–Crippen MR) is 114 cm³/mol. The number of nitrogens with one attached hydrogen (secondary N) is 1. The minimum atomic E-state index is -0.937. The summed E-state index contributed by atoms with van der Waals surface area (Å²) in [5.74, 6) is -1.06. The Morgan fingerprint density at radius 3 is 2.32 bits per heavy atom. The lowest BCUT2D eigenvalue weighted by Crippen LogP contribution is -2.96. The van der Waals surface area contributed by atoms with Crippen LogP contribution in [0.3, 0.4) is 0 Å². The smallest absolute Gasteiger partial charge is 0.359 e. The third-order valence-electron chi connectivity index (χ3n) is 6.43. The maximum Gasteiger partial charge on any atom is 0.359 e. The predicted octanol–water partition coefficient (Wildman–Crippen LogP) is -0.583. The normalized spacial score (nSPS) is 20.2. The Labute approximate surface area is 182 Å². The van der Waals surface area contributed by atoms with Gasteiger partial charge in [0.05, 0.1) is 6.17 Å². The number of amides is 2. The second-order valence-electron chi connectivity index (χ2n) is 8.58. The second-order valence-corrected chi connectivity index (χ2v) is 8.58. The van der Waals surface area contributed by atoms with E-state index in [-0.39, 0.29) is 24.3 Å². The van der Waals surface area contributed by atoms with Crippen molar-refractivity contribution >= 4 is 17.8 Å². The van der Waals surface area contributed by atoms with Crippen molar-refractivity contribution in [1.82, 2.24) is 10.2 Å². The molecule has 2 atom stereocenters. The molecule has 3 rings (SSSR count). The van der Waals surface area contributed by atoms with Gasteiger partial charge in [0.25, 0.3) is 5.91 Å². The molecule has 2 amide bonds. The van der Waals surface area contributed by atoms with Gasteiger partial charge in [0.15, 0.2) is 12.6 Å². The maximum absolute atomic E-state index is 13.2. The van der Waals surface area contributed by atoms with E-state index >= 15 is 0 Å². The van der Waals surface area contributed by atoms with Crippen LogP contribution in [0.1, 0.15) is 55.8 Å². The van der Waals surface area contributed by atoms with E-state index in [0.29, 0.717) is 19.5 Å². The van der Waals surface area contributed by atoms with Crippen molar-refractivity contribution in [2.24, 2.45) is 17.4 Å². The van der Waals surface area contributed by atoms with E-state index in [1.165, 1.54) is 0 Å². The highest BCUT2D eigenvalue weighted by Gasteiger charge is 2.44. The van der Waals surface area contributed by atoms with Crippen molar-refractivity contribution in [3.05, 3.63) is 35.4 Å². The summed E-state index contributed by atoms with van der Waals surface area (Å²) in [5, 5.41) is 13.6. The zero-order valence-corrected chi connectivity index (χ0v) is 17.8. The van der Waals surface area contributed by atoms with Gasteiger partial charge in [0.1, 0.15) is 6.04 Å². The molecular formula is C22H34N5O4+. The zero-order valence-electron chi connectivity index (χ0n) is 17.8. The Kier molecular flexibility index (Phi) is 8.00. The van der Waals surface area contributed by atoms with Crippen molar-refractivity contribution in [3.63, 3.8) is 0 Å². The average Bonchev–Trinajstić information content (AvgIpc) is 2.72. The fourth-order valence-electron chi connectivity index (χ4n) is 4.50. The first-order valence-corrected chi connectivity index (χ1v) is 11.1. The number of carbonyl (C=O) groups is 3. The minimum Gasteiger partial charge on any atom is -0.477 e. The largest absolute Gasteiger partial charge is 0.477 e. The Hall–Kier alpha value is -2.49. The zero-order chi connectivity index (χ0) is 22.4. The molecule has 2 fully saturated rings. The van der Waals surface area contributed by atoms with Crippen LogP contribution in [-0.2, 0) is 20.9 Å². The number of carbonyl (C=O) groups excluding carboxylic acids is 2. The summed E-state index contributed by atoms with van der Waals surface area (Å²) in [7, 11) is 0. The van der Waals surface area contributed by atoms with Crippen LogP contribution in [0.4, 0.5) is 0 Å². The number of carboxylic acids is 1. The first-order chi connectivity index (χ1) is 14.9. The van der Waals surface area contributed by atoms with Crippen molar-refractivity contribution in [2.75, 3.05) is 13.1 Å². The van der Waals surface area contributed by atoms with E-state index in [9.17, 15) is 14.4 Å². The molecule has 0 radical (unpaired) electrons. The molecule has 9 nitrogen and oxygen atoms in total. The van der Waals surface area contributed by atoms with Crippen LogP contribution in [0.5, 0.6) is 0 Å². The summed E-state index contributed by atoms with van der Waals surface area (Å²) in [6.07, 6.45) is 5.23. The number of benzene rings is 1. The van der Waals surface area contributed by atoms with Crippen LogP contribution in [0.25, 0.3) is 0 Å². The number of rotatable bonds is 9. The van der Waals surface area contributed by atoms with Gasteiger partial charge in [0.2, 0.25) is 5.91 Å². The molecule has 9 heteroatoms. The molecule has 1 saturated heterocycles. The molecule has 0 spiro atoms. The number of aliphatic carboxylic acids is 1. The summed E-state index contributed by atoms with van der Waals surface area (Å²) in [5.41, 5.74) is 13.0. The fraction of sp³-hybridized carbons (Fsp3) is 0.591. The van der Waals surface area contributed by atoms with Crippen LogP contribution >= 0.6 is 0 Å². The molecule has 1 heterocycles. The Balaban J connectivity index is 1.57. The third kappa shape index (κ3) is 6.03. The quantitative estimate of drug-likeness (QED) is 0.329. The van der Waals surface area contributed by atoms with Crippen molar-refractivity contribution in [2.45, 2.75) is 63.3 Å². The summed E-state index contributed by atoms with van der Waals surface area (Å²) < 4.78 is 0. The van der Waals surface area contributed by atoms with E-state index in [0.717, 1.165) is 43.2 Å². The van der Waals surface area contributed by atoms with Crippen molar-refractivity contribution in [1.29, 1.82) is 0 Å². The average molecular weight is 433 g/mol. The van der Waals surface area contributed by atoms with Crippen LogP contribution in [-0.4, -0.2) is 53.0 Å². The molecule has 1 aliphatic heterocycles. The van der Waals surface area contributed by atoms with Crippen molar-refractivity contribution < 1.29 is 24.8 Å². The number of quaternary nitrogens is 1. The van der Waals surface area contributed by atoms with Gasteiger partial charge >= 0.3 is 5.97 Å². The molecule has 1 aromatic carbocycles. The van der Waals surface area contributed by atoms with Crippen molar-refractivity contribution in [3.8, 4) is 0 Å². The van der Waals surface area contributed by atoms with E-state index < -0.39 is 24.2 Å². The molecule has 1 aliphatic carbocycles. The highest BCUT2D eigenvalue weighted by atomic mass is 16.4. The highest BCUT2D eigenvalue weighted by molar-refractivity contribution is 5.91. The first kappa shape index (κ1) is 23.2. The molecule has 0 unspecified atom stereocenters. The monoisotopic (exact) mass is 432 g/mol. The highest BCUT2D eigenvalue weighted by Crippen LogP contribution is 2.28. The third-order valence-corrected chi connectivity index (χ3v) is 6.43. The molecule has 0 bridgehead atoms. The molecule has 170 valence electrons. The molecule has 2 aliphatic rings. The van der Waals surface area contributed by atoms with Gasteiger partial charge in [-0.05, 0) is 30.4 Å². The minimum absolute atomic E-state index is 0.110. The summed E-state index contributed by atoms with van der Waals surface area (Å²) in [4.78, 5) is 38.6. The SMILES string of the molecule is NC(N)c1ccc(CNC(=O)[C@@H]2CCN2C(=O)[C@H]([NH2+]CC(=O)O)C2CCCCC2)cc1. The topological polar surface area (TPSA) is 155 Å².